The third kappa shape index (κ3) is 3.70. The maximum atomic E-state index is 11.1. The number of pyridine rings is 1. The van der Waals surface area contributed by atoms with Gasteiger partial charge in [0.25, 0.3) is 0 Å². The molecule has 0 aliphatic rings. The molecule has 1 aromatic heterocycles. The van der Waals surface area contributed by atoms with Crippen LogP contribution in [0.15, 0.2) is 48.5 Å². The Morgan fingerprint density at radius 1 is 1.00 bits per heavy atom. The van der Waals surface area contributed by atoms with Gasteiger partial charge in [-0.15, -0.1) is 0 Å². The average Bonchev–Trinajstić information content (AvgIpc) is 2.61. The molecule has 3 rings (SSSR count). The van der Waals surface area contributed by atoms with E-state index in [1.165, 1.54) is 13.0 Å². The van der Waals surface area contributed by atoms with E-state index in [2.05, 4.69) is 10.3 Å². The number of benzene rings is 2. The number of carbonyl (C=O) groups is 2. The van der Waals surface area contributed by atoms with Crippen molar-refractivity contribution in [2.24, 2.45) is 0 Å². The summed E-state index contributed by atoms with van der Waals surface area (Å²) in [7, 11) is 0. The van der Waals surface area contributed by atoms with Crippen LogP contribution in [0, 0.1) is 0 Å². The average molecular weight is 348 g/mol. The maximum Gasteiger partial charge on any atom is 0.339 e. The molecule has 3 aromatic rings. The zero-order valence-corrected chi connectivity index (χ0v) is 13.9. The third-order valence-electron chi connectivity index (χ3n) is 3.76. The van der Waals surface area contributed by atoms with Crippen molar-refractivity contribution >= 4 is 40.6 Å². The van der Waals surface area contributed by atoms with Gasteiger partial charge in [-0.3, -0.25) is 4.79 Å². The third-order valence-corrected chi connectivity index (χ3v) is 3.76. The molecule has 6 nitrogen and oxygen atoms in total. The second-order valence-corrected chi connectivity index (χ2v) is 5.71. The standard InChI is InChI=1S/C20H16N2O4/c1-12(23)21-15-7-2-13(3-8-15)4-9-16-10-5-14-6-11-17(20(25)26)19(24)18(14)22-16/h2-11,24H,1H3,(H,21,23)(H,25,26). The molecule has 0 aliphatic carbocycles. The summed E-state index contributed by atoms with van der Waals surface area (Å²) in [5.74, 6) is -1.68. The number of hydrogen-bond acceptors (Lipinski definition) is 4. The molecular weight excluding hydrogens is 332 g/mol. The van der Waals surface area contributed by atoms with E-state index in [-0.39, 0.29) is 22.7 Å². The van der Waals surface area contributed by atoms with Gasteiger partial charge in [0, 0.05) is 18.0 Å². The molecule has 0 saturated carbocycles. The Balaban J connectivity index is 1.88. The Hall–Kier alpha value is -3.67. The van der Waals surface area contributed by atoms with Crippen molar-refractivity contribution in [3.63, 3.8) is 0 Å². The fourth-order valence-electron chi connectivity index (χ4n) is 2.52. The summed E-state index contributed by atoms with van der Waals surface area (Å²) in [5.41, 5.74) is 2.27. The minimum Gasteiger partial charge on any atom is -0.505 e. The quantitative estimate of drug-likeness (QED) is 0.666. The first kappa shape index (κ1) is 17.2. The summed E-state index contributed by atoms with van der Waals surface area (Å²) < 4.78 is 0. The molecular formula is C20H16N2O4. The van der Waals surface area contributed by atoms with Crippen LogP contribution < -0.4 is 5.32 Å². The number of amides is 1. The highest BCUT2D eigenvalue weighted by atomic mass is 16.4. The molecule has 2 aromatic carbocycles. The molecule has 0 aliphatic heterocycles. The molecule has 0 radical (unpaired) electrons. The number of nitrogens with zero attached hydrogens (tertiary/aromatic N) is 1. The number of hydrogen-bond donors (Lipinski definition) is 3. The van der Waals surface area contributed by atoms with Crippen LogP contribution in [0.5, 0.6) is 5.75 Å². The summed E-state index contributed by atoms with van der Waals surface area (Å²) in [4.78, 5) is 26.5. The zero-order chi connectivity index (χ0) is 18.7. The predicted molar refractivity (Wildman–Crippen MR) is 100 cm³/mol. The summed E-state index contributed by atoms with van der Waals surface area (Å²) in [6, 6.07) is 13.8. The number of aromatic hydroxyl groups is 1. The fraction of sp³-hybridized carbons (Fsp3) is 0.0500. The van der Waals surface area contributed by atoms with Crippen molar-refractivity contribution in [2.45, 2.75) is 6.92 Å². The normalized spacial score (nSPS) is 11.0. The highest BCUT2D eigenvalue weighted by Gasteiger charge is 2.13. The zero-order valence-electron chi connectivity index (χ0n) is 13.9. The van der Waals surface area contributed by atoms with Crippen molar-refractivity contribution in [3.8, 4) is 5.75 Å². The Labute approximate surface area is 149 Å². The van der Waals surface area contributed by atoms with Crippen LogP contribution in [0.3, 0.4) is 0 Å². The lowest BCUT2D eigenvalue weighted by Crippen LogP contribution is -2.05. The molecule has 0 bridgehead atoms. The monoisotopic (exact) mass is 348 g/mol. The summed E-state index contributed by atoms with van der Waals surface area (Å²) in [6.07, 6.45) is 3.60. The van der Waals surface area contributed by atoms with Crippen molar-refractivity contribution < 1.29 is 19.8 Å². The van der Waals surface area contributed by atoms with Gasteiger partial charge in [-0.1, -0.05) is 30.3 Å². The van der Waals surface area contributed by atoms with Crippen LogP contribution in [0.4, 0.5) is 5.69 Å². The molecule has 1 amide bonds. The number of aromatic carboxylic acids is 1. The minimum atomic E-state index is -1.20. The van der Waals surface area contributed by atoms with Crippen molar-refractivity contribution in [1.82, 2.24) is 4.98 Å². The highest BCUT2D eigenvalue weighted by Crippen LogP contribution is 2.27. The van der Waals surface area contributed by atoms with E-state index in [0.29, 0.717) is 16.8 Å². The van der Waals surface area contributed by atoms with E-state index in [1.807, 2.05) is 18.2 Å². The number of carboxylic acid groups (broad SMARTS) is 1. The molecule has 1 heterocycles. The first-order chi connectivity index (χ1) is 12.4. The van der Waals surface area contributed by atoms with Crippen LogP contribution in [-0.4, -0.2) is 27.1 Å². The predicted octanol–water partition coefficient (Wildman–Crippen LogP) is 3.77. The second kappa shape index (κ2) is 7.06. The Bertz CT molecular complexity index is 1020. The van der Waals surface area contributed by atoms with E-state index < -0.39 is 5.97 Å². The molecule has 26 heavy (non-hydrogen) atoms. The number of carbonyl (C=O) groups excluding carboxylic acids is 1. The molecule has 0 spiro atoms. The number of anilines is 1. The van der Waals surface area contributed by atoms with Gasteiger partial charge in [0.05, 0.1) is 5.69 Å². The van der Waals surface area contributed by atoms with E-state index in [1.54, 1.807) is 36.4 Å². The lowest BCUT2D eigenvalue weighted by Gasteiger charge is -2.05. The van der Waals surface area contributed by atoms with E-state index in [9.17, 15) is 14.7 Å². The van der Waals surface area contributed by atoms with Crippen molar-refractivity contribution in [2.75, 3.05) is 5.32 Å². The van der Waals surface area contributed by atoms with Gasteiger partial charge in [0.2, 0.25) is 5.91 Å². The second-order valence-electron chi connectivity index (χ2n) is 5.71. The van der Waals surface area contributed by atoms with Gasteiger partial charge >= 0.3 is 5.97 Å². The van der Waals surface area contributed by atoms with Crippen LogP contribution in [0.2, 0.25) is 0 Å². The highest BCUT2D eigenvalue weighted by molar-refractivity contribution is 5.99. The number of fused-ring (bicyclic) bond motifs is 1. The van der Waals surface area contributed by atoms with Gasteiger partial charge in [-0.2, -0.15) is 0 Å². The maximum absolute atomic E-state index is 11.1. The molecule has 0 unspecified atom stereocenters. The van der Waals surface area contributed by atoms with Gasteiger partial charge < -0.3 is 15.5 Å². The molecule has 130 valence electrons. The molecule has 0 atom stereocenters. The summed E-state index contributed by atoms with van der Waals surface area (Å²) in [6.45, 7) is 1.45. The molecule has 0 fully saturated rings. The van der Waals surface area contributed by atoms with E-state index in [0.717, 1.165) is 5.56 Å². The first-order valence-corrected chi connectivity index (χ1v) is 7.86. The fourth-order valence-corrected chi connectivity index (χ4v) is 2.52. The number of aromatic nitrogens is 1. The van der Waals surface area contributed by atoms with Crippen LogP contribution in [0.1, 0.15) is 28.5 Å². The SMILES string of the molecule is CC(=O)Nc1ccc(C=Cc2ccc3ccc(C(=O)O)c(O)c3n2)cc1. The Morgan fingerprint density at radius 2 is 1.69 bits per heavy atom. The number of nitrogens with one attached hydrogen (secondary N) is 1. The smallest absolute Gasteiger partial charge is 0.339 e. The van der Waals surface area contributed by atoms with Crippen LogP contribution >= 0.6 is 0 Å². The Morgan fingerprint density at radius 3 is 2.35 bits per heavy atom. The topological polar surface area (TPSA) is 99.5 Å². The van der Waals surface area contributed by atoms with Gasteiger partial charge in [-0.05, 0) is 35.9 Å². The van der Waals surface area contributed by atoms with Gasteiger partial charge in [0.15, 0.2) is 5.75 Å². The minimum absolute atomic E-state index is 0.130. The Kier molecular flexibility index (Phi) is 4.66. The largest absolute Gasteiger partial charge is 0.505 e. The van der Waals surface area contributed by atoms with E-state index >= 15 is 0 Å². The molecule has 0 saturated heterocycles. The number of carboxylic acids is 1. The lowest BCUT2D eigenvalue weighted by atomic mass is 10.1. The molecule has 3 N–H and O–H groups in total. The van der Waals surface area contributed by atoms with Crippen molar-refractivity contribution in [3.05, 3.63) is 65.4 Å². The van der Waals surface area contributed by atoms with Crippen LogP contribution in [-0.2, 0) is 4.79 Å². The van der Waals surface area contributed by atoms with E-state index in [4.69, 9.17) is 5.11 Å². The lowest BCUT2D eigenvalue weighted by molar-refractivity contribution is -0.114. The van der Waals surface area contributed by atoms with Crippen LogP contribution in [0.25, 0.3) is 23.1 Å². The first-order valence-electron chi connectivity index (χ1n) is 7.86. The number of phenols is 1. The van der Waals surface area contributed by atoms with Crippen molar-refractivity contribution in [1.29, 1.82) is 0 Å². The molecule has 6 heteroatoms. The summed E-state index contributed by atoms with van der Waals surface area (Å²) in [5, 5.41) is 22.6. The number of rotatable bonds is 4. The summed E-state index contributed by atoms with van der Waals surface area (Å²) >= 11 is 0. The van der Waals surface area contributed by atoms with Gasteiger partial charge in [0.1, 0.15) is 11.1 Å². The van der Waals surface area contributed by atoms with Gasteiger partial charge in [-0.25, -0.2) is 9.78 Å².